The van der Waals surface area contributed by atoms with Crippen molar-refractivity contribution in [3.63, 3.8) is 0 Å². The van der Waals surface area contributed by atoms with Crippen LogP contribution >= 0.6 is 0 Å². The van der Waals surface area contributed by atoms with Crippen LogP contribution in [0.4, 0.5) is 20.2 Å². The highest BCUT2D eigenvalue weighted by Crippen LogP contribution is 2.21. The number of rotatable bonds is 6. The molecule has 2 aromatic carbocycles. The average molecular weight is 366 g/mol. The number of anilines is 1. The molecule has 26 heavy (non-hydrogen) atoms. The number of nitro groups is 1. The summed E-state index contributed by atoms with van der Waals surface area (Å²) in [6.07, 6.45) is 0. The predicted octanol–water partition coefficient (Wildman–Crippen LogP) is 2.68. The zero-order valence-corrected chi connectivity index (χ0v) is 13.3. The van der Waals surface area contributed by atoms with Crippen molar-refractivity contribution >= 4 is 23.3 Å². The summed E-state index contributed by atoms with van der Waals surface area (Å²) >= 11 is 0. The fourth-order valence-corrected chi connectivity index (χ4v) is 1.92. The maximum absolute atomic E-state index is 13.7. The Labute approximate surface area is 145 Å². The molecular formula is C16H12F2N2O6. The van der Waals surface area contributed by atoms with Crippen LogP contribution in [0.5, 0.6) is 5.75 Å². The molecule has 0 bridgehead atoms. The molecule has 0 aliphatic heterocycles. The zero-order valence-electron chi connectivity index (χ0n) is 13.3. The summed E-state index contributed by atoms with van der Waals surface area (Å²) in [5.74, 6) is -3.66. The van der Waals surface area contributed by atoms with Crippen molar-refractivity contribution < 1.29 is 32.8 Å². The molecular weight excluding hydrogens is 354 g/mol. The first-order valence-corrected chi connectivity index (χ1v) is 7.06. The van der Waals surface area contributed by atoms with Gasteiger partial charge in [-0.15, -0.1) is 0 Å². The van der Waals surface area contributed by atoms with E-state index < -0.39 is 46.3 Å². The summed E-state index contributed by atoms with van der Waals surface area (Å²) in [6.45, 7) is -0.768. The summed E-state index contributed by atoms with van der Waals surface area (Å²) in [6, 6.07) is 6.19. The van der Waals surface area contributed by atoms with Crippen molar-refractivity contribution in [2.24, 2.45) is 0 Å². The highest BCUT2D eigenvalue weighted by Gasteiger charge is 2.18. The van der Waals surface area contributed by atoms with Crippen LogP contribution in [0.15, 0.2) is 36.4 Å². The maximum atomic E-state index is 13.7. The van der Waals surface area contributed by atoms with Crippen LogP contribution in [0, 0.1) is 21.7 Å². The van der Waals surface area contributed by atoms with E-state index in [9.17, 15) is 28.5 Å². The molecule has 0 saturated carbocycles. The van der Waals surface area contributed by atoms with E-state index in [1.165, 1.54) is 13.2 Å². The standard InChI is InChI=1S/C16H12F2N2O6/c1-25-10-3-4-11(13(18)7-10)16(22)26-8-15(21)19-9-2-5-12(17)14(6-9)20(23)24/h2-7H,8H2,1H3,(H,19,21). The van der Waals surface area contributed by atoms with Gasteiger partial charge in [-0.3, -0.25) is 14.9 Å². The summed E-state index contributed by atoms with van der Waals surface area (Å²) in [5.41, 5.74) is -1.27. The van der Waals surface area contributed by atoms with E-state index >= 15 is 0 Å². The molecule has 0 aromatic heterocycles. The molecule has 1 amide bonds. The highest BCUT2D eigenvalue weighted by molar-refractivity contribution is 5.95. The maximum Gasteiger partial charge on any atom is 0.341 e. The lowest BCUT2D eigenvalue weighted by atomic mass is 10.2. The molecule has 0 unspecified atom stereocenters. The number of carbonyl (C=O) groups excluding carboxylic acids is 2. The fraction of sp³-hybridized carbons (Fsp3) is 0.125. The number of hydrogen-bond acceptors (Lipinski definition) is 6. The SMILES string of the molecule is COc1ccc(C(=O)OCC(=O)Nc2ccc(F)c([N+](=O)[O-])c2)c(F)c1. The van der Waals surface area contributed by atoms with Gasteiger partial charge in [-0.25, -0.2) is 9.18 Å². The second-order valence-corrected chi connectivity index (χ2v) is 4.89. The molecule has 8 nitrogen and oxygen atoms in total. The van der Waals surface area contributed by atoms with Gasteiger partial charge in [0.25, 0.3) is 5.91 Å². The molecule has 0 fully saturated rings. The first-order valence-electron chi connectivity index (χ1n) is 7.06. The van der Waals surface area contributed by atoms with Gasteiger partial charge in [0.05, 0.1) is 17.6 Å². The van der Waals surface area contributed by atoms with E-state index in [-0.39, 0.29) is 11.4 Å². The van der Waals surface area contributed by atoms with Gasteiger partial charge in [0.1, 0.15) is 11.6 Å². The number of ether oxygens (including phenoxy) is 2. The lowest BCUT2D eigenvalue weighted by Crippen LogP contribution is -2.21. The Morgan fingerprint density at radius 1 is 1.15 bits per heavy atom. The van der Waals surface area contributed by atoms with Crippen LogP contribution in [0.3, 0.4) is 0 Å². The Morgan fingerprint density at radius 2 is 1.88 bits per heavy atom. The summed E-state index contributed by atoms with van der Waals surface area (Å²) in [5, 5.41) is 12.9. The highest BCUT2D eigenvalue weighted by atomic mass is 19.1. The summed E-state index contributed by atoms with van der Waals surface area (Å²) < 4.78 is 36.4. The molecule has 136 valence electrons. The number of halogens is 2. The Balaban J connectivity index is 1.97. The van der Waals surface area contributed by atoms with E-state index in [0.717, 1.165) is 30.3 Å². The quantitative estimate of drug-likeness (QED) is 0.478. The molecule has 0 heterocycles. The van der Waals surface area contributed by atoms with E-state index in [4.69, 9.17) is 4.74 Å². The van der Waals surface area contributed by atoms with Crippen molar-refractivity contribution in [3.05, 3.63) is 63.7 Å². The third kappa shape index (κ3) is 4.50. The van der Waals surface area contributed by atoms with Crippen LogP contribution in [0.2, 0.25) is 0 Å². The molecule has 1 N–H and O–H groups in total. The first kappa shape index (κ1) is 18.8. The molecule has 0 atom stereocenters. The average Bonchev–Trinajstić information content (AvgIpc) is 2.60. The Bertz CT molecular complexity index is 872. The van der Waals surface area contributed by atoms with Gasteiger partial charge in [0.15, 0.2) is 6.61 Å². The molecule has 2 aromatic rings. The molecule has 0 spiro atoms. The van der Waals surface area contributed by atoms with Crippen molar-refractivity contribution in [2.75, 3.05) is 19.0 Å². The minimum absolute atomic E-state index is 0.0604. The number of methoxy groups -OCH3 is 1. The number of benzene rings is 2. The van der Waals surface area contributed by atoms with Gasteiger partial charge in [-0.1, -0.05) is 0 Å². The Hall–Kier alpha value is -3.56. The smallest absolute Gasteiger partial charge is 0.341 e. The predicted molar refractivity (Wildman–Crippen MR) is 84.9 cm³/mol. The third-order valence-corrected chi connectivity index (χ3v) is 3.16. The van der Waals surface area contributed by atoms with Crippen LogP contribution in [0.1, 0.15) is 10.4 Å². The van der Waals surface area contributed by atoms with E-state index in [0.29, 0.717) is 0 Å². The number of nitrogens with zero attached hydrogens (tertiary/aromatic N) is 1. The summed E-state index contributed by atoms with van der Waals surface area (Å²) in [7, 11) is 1.33. The van der Waals surface area contributed by atoms with Gasteiger partial charge in [0, 0.05) is 17.8 Å². The molecule has 10 heteroatoms. The van der Waals surface area contributed by atoms with Crippen LogP contribution in [-0.4, -0.2) is 30.5 Å². The number of carbonyl (C=O) groups is 2. The lowest BCUT2D eigenvalue weighted by Gasteiger charge is -2.08. The number of esters is 1. The molecule has 0 saturated heterocycles. The lowest BCUT2D eigenvalue weighted by molar-refractivity contribution is -0.387. The second-order valence-electron chi connectivity index (χ2n) is 4.89. The van der Waals surface area contributed by atoms with Crippen LogP contribution in [-0.2, 0) is 9.53 Å². The minimum atomic E-state index is -1.08. The minimum Gasteiger partial charge on any atom is -0.497 e. The Morgan fingerprint density at radius 3 is 2.50 bits per heavy atom. The molecule has 0 aliphatic rings. The topological polar surface area (TPSA) is 108 Å². The van der Waals surface area contributed by atoms with E-state index in [2.05, 4.69) is 10.1 Å². The number of hydrogen-bond donors (Lipinski definition) is 1. The Kier molecular flexibility index (Phi) is 5.78. The number of nitro benzene ring substituents is 1. The van der Waals surface area contributed by atoms with Crippen molar-refractivity contribution in [2.45, 2.75) is 0 Å². The van der Waals surface area contributed by atoms with Gasteiger partial charge < -0.3 is 14.8 Å². The van der Waals surface area contributed by atoms with E-state index in [1.54, 1.807) is 0 Å². The third-order valence-electron chi connectivity index (χ3n) is 3.16. The van der Waals surface area contributed by atoms with Gasteiger partial charge in [-0.2, -0.15) is 4.39 Å². The first-order chi connectivity index (χ1) is 12.3. The molecule has 2 rings (SSSR count). The number of amides is 1. The largest absolute Gasteiger partial charge is 0.497 e. The fourth-order valence-electron chi connectivity index (χ4n) is 1.92. The van der Waals surface area contributed by atoms with Gasteiger partial charge >= 0.3 is 11.7 Å². The summed E-state index contributed by atoms with van der Waals surface area (Å²) in [4.78, 5) is 33.2. The van der Waals surface area contributed by atoms with E-state index in [1.807, 2.05) is 0 Å². The normalized spacial score (nSPS) is 10.1. The van der Waals surface area contributed by atoms with Crippen molar-refractivity contribution in [1.29, 1.82) is 0 Å². The second kappa shape index (κ2) is 8.01. The molecule has 0 aliphatic carbocycles. The monoisotopic (exact) mass is 366 g/mol. The van der Waals surface area contributed by atoms with Gasteiger partial charge in [0.2, 0.25) is 5.82 Å². The van der Waals surface area contributed by atoms with Crippen LogP contribution < -0.4 is 10.1 Å². The number of nitrogens with one attached hydrogen (secondary N) is 1. The zero-order chi connectivity index (χ0) is 19.3. The molecule has 0 radical (unpaired) electrons. The van der Waals surface area contributed by atoms with Gasteiger partial charge in [-0.05, 0) is 24.3 Å². The van der Waals surface area contributed by atoms with Crippen molar-refractivity contribution in [3.8, 4) is 5.75 Å². The van der Waals surface area contributed by atoms with Crippen molar-refractivity contribution in [1.82, 2.24) is 0 Å². The van der Waals surface area contributed by atoms with Crippen LogP contribution in [0.25, 0.3) is 0 Å².